The second-order valence-corrected chi connectivity index (χ2v) is 5.11. The predicted octanol–water partition coefficient (Wildman–Crippen LogP) is 1.43. The Kier molecular flexibility index (Phi) is 4.80. The van der Waals surface area contributed by atoms with E-state index in [1.807, 2.05) is 29.2 Å². The highest BCUT2D eigenvalue weighted by Crippen LogP contribution is 2.18. The number of ether oxygens (including phenoxy) is 1. The maximum atomic E-state index is 12.3. The number of nitrogens with zero attached hydrogens (tertiary/aromatic N) is 1. The number of piperidine rings is 1. The lowest BCUT2D eigenvalue weighted by molar-refractivity contribution is -0.132. The van der Waals surface area contributed by atoms with E-state index in [1.165, 1.54) is 0 Å². The van der Waals surface area contributed by atoms with E-state index in [2.05, 4.69) is 0 Å². The summed E-state index contributed by atoms with van der Waals surface area (Å²) in [7, 11) is 1.64. The highest BCUT2D eigenvalue weighted by molar-refractivity contribution is 5.79. The van der Waals surface area contributed by atoms with Gasteiger partial charge in [0.1, 0.15) is 5.75 Å². The minimum Gasteiger partial charge on any atom is -0.497 e. The van der Waals surface area contributed by atoms with Crippen molar-refractivity contribution in [2.45, 2.75) is 19.3 Å². The van der Waals surface area contributed by atoms with Crippen LogP contribution in [0.3, 0.4) is 0 Å². The number of hydrogen-bond acceptors (Lipinski definition) is 3. The maximum Gasteiger partial charge on any atom is 0.227 e. The van der Waals surface area contributed by atoms with E-state index in [0.717, 1.165) is 37.2 Å². The van der Waals surface area contributed by atoms with Gasteiger partial charge in [-0.15, -0.1) is 0 Å². The number of rotatable bonds is 4. The summed E-state index contributed by atoms with van der Waals surface area (Å²) in [6, 6.07) is 7.69. The molecule has 1 aromatic carbocycles. The van der Waals surface area contributed by atoms with Crippen LogP contribution in [0.2, 0.25) is 0 Å². The number of carbonyl (C=O) groups excluding carboxylic acids is 1. The molecule has 4 nitrogen and oxygen atoms in total. The van der Waals surface area contributed by atoms with Crippen molar-refractivity contribution in [1.29, 1.82) is 0 Å². The van der Waals surface area contributed by atoms with Gasteiger partial charge in [0, 0.05) is 13.1 Å². The number of carbonyl (C=O) groups is 1. The van der Waals surface area contributed by atoms with E-state index in [1.54, 1.807) is 7.11 Å². The molecule has 1 atom stereocenters. The van der Waals surface area contributed by atoms with Crippen molar-refractivity contribution in [2.75, 3.05) is 26.7 Å². The quantitative estimate of drug-likeness (QED) is 0.893. The number of nitrogens with two attached hydrogens (primary N) is 1. The summed E-state index contributed by atoms with van der Waals surface area (Å²) >= 11 is 0. The molecule has 1 aliphatic heterocycles. The van der Waals surface area contributed by atoms with Gasteiger partial charge in [-0.1, -0.05) is 12.1 Å². The fourth-order valence-corrected chi connectivity index (χ4v) is 2.55. The standard InChI is InChI=1S/C15H22N2O2/c1-19-14-6-2-4-12(8-14)9-15(18)17-7-3-5-13(10-16)11-17/h2,4,6,8,13H,3,5,7,9-11,16H2,1H3/t13-/m1/s1. The molecule has 0 spiro atoms. The molecule has 1 aromatic rings. The van der Waals surface area contributed by atoms with Crippen LogP contribution in [0, 0.1) is 5.92 Å². The molecule has 1 saturated heterocycles. The first-order valence-electron chi connectivity index (χ1n) is 6.83. The van der Waals surface area contributed by atoms with Gasteiger partial charge in [-0.3, -0.25) is 4.79 Å². The number of benzene rings is 1. The molecule has 0 aliphatic carbocycles. The SMILES string of the molecule is COc1cccc(CC(=O)N2CCC[C@H](CN)C2)c1. The number of likely N-dealkylation sites (tertiary alicyclic amines) is 1. The Morgan fingerprint density at radius 1 is 1.53 bits per heavy atom. The Morgan fingerprint density at radius 3 is 3.11 bits per heavy atom. The van der Waals surface area contributed by atoms with Gasteiger partial charge in [-0.25, -0.2) is 0 Å². The van der Waals surface area contributed by atoms with Gasteiger partial charge < -0.3 is 15.4 Å². The molecular weight excluding hydrogens is 240 g/mol. The van der Waals surface area contributed by atoms with E-state index in [9.17, 15) is 4.79 Å². The van der Waals surface area contributed by atoms with E-state index < -0.39 is 0 Å². The zero-order chi connectivity index (χ0) is 13.7. The van der Waals surface area contributed by atoms with Gasteiger partial charge >= 0.3 is 0 Å². The second-order valence-electron chi connectivity index (χ2n) is 5.11. The molecule has 2 rings (SSSR count). The highest BCUT2D eigenvalue weighted by atomic mass is 16.5. The predicted molar refractivity (Wildman–Crippen MR) is 75.1 cm³/mol. The van der Waals surface area contributed by atoms with Crippen LogP contribution in [-0.2, 0) is 11.2 Å². The molecule has 0 aromatic heterocycles. The average Bonchev–Trinajstić information content (AvgIpc) is 2.47. The van der Waals surface area contributed by atoms with E-state index >= 15 is 0 Å². The second kappa shape index (κ2) is 6.57. The normalized spacial score (nSPS) is 19.3. The Morgan fingerprint density at radius 2 is 2.37 bits per heavy atom. The highest BCUT2D eigenvalue weighted by Gasteiger charge is 2.22. The van der Waals surface area contributed by atoms with Crippen LogP contribution in [-0.4, -0.2) is 37.6 Å². The first-order chi connectivity index (χ1) is 9.22. The van der Waals surface area contributed by atoms with Gasteiger partial charge in [-0.2, -0.15) is 0 Å². The zero-order valence-electron chi connectivity index (χ0n) is 11.5. The number of amides is 1. The van der Waals surface area contributed by atoms with Gasteiger partial charge in [0.25, 0.3) is 0 Å². The summed E-state index contributed by atoms with van der Waals surface area (Å²) in [6.07, 6.45) is 2.64. The Balaban J connectivity index is 1.96. The van der Waals surface area contributed by atoms with Crippen LogP contribution in [0.1, 0.15) is 18.4 Å². The molecule has 0 unspecified atom stereocenters. The molecule has 0 saturated carbocycles. The summed E-state index contributed by atoms with van der Waals surface area (Å²) in [5.41, 5.74) is 6.70. The third-order valence-electron chi connectivity index (χ3n) is 3.69. The molecule has 1 fully saturated rings. The zero-order valence-corrected chi connectivity index (χ0v) is 11.5. The van der Waals surface area contributed by atoms with Gasteiger partial charge in [-0.05, 0) is 43.0 Å². The third-order valence-corrected chi connectivity index (χ3v) is 3.69. The van der Waals surface area contributed by atoms with Gasteiger partial charge in [0.2, 0.25) is 5.91 Å². The van der Waals surface area contributed by atoms with Crippen LogP contribution < -0.4 is 10.5 Å². The lowest BCUT2D eigenvalue weighted by Crippen LogP contribution is -2.42. The maximum absolute atomic E-state index is 12.3. The molecule has 0 radical (unpaired) electrons. The average molecular weight is 262 g/mol. The lowest BCUT2D eigenvalue weighted by atomic mass is 9.97. The van der Waals surface area contributed by atoms with Crippen molar-refractivity contribution in [1.82, 2.24) is 4.90 Å². The fraction of sp³-hybridized carbons (Fsp3) is 0.533. The molecule has 1 heterocycles. The van der Waals surface area contributed by atoms with Gasteiger partial charge in [0.05, 0.1) is 13.5 Å². The minimum atomic E-state index is 0.186. The number of methoxy groups -OCH3 is 1. The van der Waals surface area contributed by atoms with E-state index in [0.29, 0.717) is 18.9 Å². The van der Waals surface area contributed by atoms with Crippen molar-refractivity contribution in [3.05, 3.63) is 29.8 Å². The summed E-state index contributed by atoms with van der Waals surface area (Å²) in [5.74, 6) is 1.44. The van der Waals surface area contributed by atoms with Crippen molar-refractivity contribution in [3.8, 4) is 5.75 Å². The van der Waals surface area contributed by atoms with Crippen molar-refractivity contribution >= 4 is 5.91 Å². The smallest absolute Gasteiger partial charge is 0.227 e. The Hall–Kier alpha value is -1.55. The van der Waals surface area contributed by atoms with Crippen molar-refractivity contribution in [3.63, 3.8) is 0 Å². The van der Waals surface area contributed by atoms with Crippen LogP contribution in [0.5, 0.6) is 5.75 Å². The molecule has 1 aliphatic rings. The Bertz CT molecular complexity index is 434. The molecule has 4 heteroatoms. The van der Waals surface area contributed by atoms with Crippen LogP contribution in [0.15, 0.2) is 24.3 Å². The first kappa shape index (κ1) is 13.9. The van der Waals surface area contributed by atoms with E-state index in [4.69, 9.17) is 10.5 Å². The topological polar surface area (TPSA) is 55.6 Å². The fourth-order valence-electron chi connectivity index (χ4n) is 2.55. The lowest BCUT2D eigenvalue weighted by Gasteiger charge is -2.32. The molecule has 1 amide bonds. The Labute approximate surface area is 114 Å². The minimum absolute atomic E-state index is 0.186. The van der Waals surface area contributed by atoms with E-state index in [-0.39, 0.29) is 5.91 Å². The molecule has 19 heavy (non-hydrogen) atoms. The van der Waals surface area contributed by atoms with Crippen LogP contribution >= 0.6 is 0 Å². The van der Waals surface area contributed by atoms with Crippen LogP contribution in [0.4, 0.5) is 0 Å². The van der Waals surface area contributed by atoms with Gasteiger partial charge in [0.15, 0.2) is 0 Å². The molecular formula is C15H22N2O2. The summed E-state index contributed by atoms with van der Waals surface area (Å²) in [5, 5.41) is 0. The van der Waals surface area contributed by atoms with Crippen molar-refractivity contribution < 1.29 is 9.53 Å². The molecule has 2 N–H and O–H groups in total. The number of hydrogen-bond donors (Lipinski definition) is 1. The third kappa shape index (κ3) is 3.70. The van der Waals surface area contributed by atoms with Crippen molar-refractivity contribution in [2.24, 2.45) is 11.7 Å². The summed E-state index contributed by atoms with van der Waals surface area (Å²) in [6.45, 7) is 2.33. The largest absolute Gasteiger partial charge is 0.497 e. The monoisotopic (exact) mass is 262 g/mol. The molecule has 104 valence electrons. The first-order valence-corrected chi connectivity index (χ1v) is 6.83. The van der Waals surface area contributed by atoms with Crippen LogP contribution in [0.25, 0.3) is 0 Å². The summed E-state index contributed by atoms with van der Waals surface area (Å²) in [4.78, 5) is 14.2. The summed E-state index contributed by atoms with van der Waals surface area (Å²) < 4.78 is 5.17. The molecule has 0 bridgehead atoms.